The maximum atomic E-state index is 13.5. The molecule has 0 fully saturated rings. The Morgan fingerprint density at radius 3 is 2.56 bits per heavy atom. The van der Waals surface area contributed by atoms with Gasteiger partial charge < -0.3 is 15.4 Å². The number of carbonyl (C=O) groups is 3. The van der Waals surface area contributed by atoms with E-state index in [-0.39, 0.29) is 24.0 Å². The van der Waals surface area contributed by atoms with Crippen LogP contribution in [0.5, 0.6) is 0 Å². The maximum Gasteiger partial charge on any atom is 0.338 e. The molecule has 4 aromatic rings. The van der Waals surface area contributed by atoms with Gasteiger partial charge in [0, 0.05) is 18.7 Å². The molecule has 5 rings (SSSR count). The zero-order chi connectivity index (χ0) is 29.5. The van der Waals surface area contributed by atoms with E-state index in [0.717, 1.165) is 28.8 Å². The van der Waals surface area contributed by atoms with Gasteiger partial charge in [-0.2, -0.15) is 5.10 Å². The van der Waals surface area contributed by atoms with Crippen molar-refractivity contribution < 1.29 is 27.9 Å². The summed E-state index contributed by atoms with van der Waals surface area (Å²) < 4.78 is 33.6. The summed E-state index contributed by atoms with van der Waals surface area (Å²) in [6.07, 6.45) is 2.77. The lowest BCUT2D eigenvalue weighted by molar-refractivity contribution is 0.00683. The van der Waals surface area contributed by atoms with Crippen molar-refractivity contribution in [2.45, 2.75) is 58.7 Å². The van der Waals surface area contributed by atoms with Crippen molar-refractivity contribution in [3.8, 4) is 0 Å². The number of benzene rings is 2. The van der Waals surface area contributed by atoms with Crippen LogP contribution in [0.25, 0.3) is 5.65 Å². The molecule has 2 aromatic carbocycles. The van der Waals surface area contributed by atoms with Crippen LogP contribution in [0.1, 0.15) is 86.8 Å². The van der Waals surface area contributed by atoms with Gasteiger partial charge in [-0.3, -0.25) is 9.59 Å². The van der Waals surface area contributed by atoms with Crippen LogP contribution in [0, 0.1) is 18.6 Å². The van der Waals surface area contributed by atoms with Gasteiger partial charge in [0.2, 0.25) is 0 Å². The summed E-state index contributed by atoms with van der Waals surface area (Å²) in [7, 11) is 0. The summed E-state index contributed by atoms with van der Waals surface area (Å²) in [5.41, 5.74) is 3.35. The van der Waals surface area contributed by atoms with E-state index in [0.29, 0.717) is 29.6 Å². The van der Waals surface area contributed by atoms with Gasteiger partial charge in [0.25, 0.3) is 11.8 Å². The lowest BCUT2D eigenvalue weighted by Crippen LogP contribution is -2.30. The first-order chi connectivity index (χ1) is 19.4. The second kappa shape index (κ2) is 10.7. The monoisotopic (exact) mass is 561 g/mol. The van der Waals surface area contributed by atoms with E-state index in [9.17, 15) is 23.2 Å². The van der Waals surface area contributed by atoms with Crippen LogP contribution >= 0.6 is 0 Å². The summed E-state index contributed by atoms with van der Waals surface area (Å²) in [6.45, 7) is 7.26. The first-order valence-corrected chi connectivity index (χ1v) is 13.1. The van der Waals surface area contributed by atoms with E-state index in [4.69, 9.17) is 4.74 Å². The molecule has 1 aliphatic rings. The minimum atomic E-state index is -1.01. The van der Waals surface area contributed by atoms with Crippen LogP contribution in [0.2, 0.25) is 0 Å². The van der Waals surface area contributed by atoms with Crippen molar-refractivity contribution in [2.75, 3.05) is 0 Å². The highest BCUT2D eigenvalue weighted by Gasteiger charge is 2.30. The van der Waals surface area contributed by atoms with Gasteiger partial charge in [-0.15, -0.1) is 0 Å². The number of hydrogen-bond acceptors (Lipinski definition) is 6. The number of rotatable bonds is 6. The number of fused-ring (bicyclic) bond motifs is 2. The Kier molecular flexibility index (Phi) is 7.29. The van der Waals surface area contributed by atoms with Crippen LogP contribution in [0.15, 0.2) is 48.7 Å². The summed E-state index contributed by atoms with van der Waals surface area (Å²) in [5.74, 6) is -3.43. The fourth-order valence-corrected chi connectivity index (χ4v) is 4.93. The molecule has 0 unspecified atom stereocenters. The number of aromatic nitrogens is 3. The van der Waals surface area contributed by atoms with Crippen LogP contribution in [-0.2, 0) is 17.7 Å². The Labute approximate surface area is 234 Å². The molecule has 0 saturated heterocycles. The molecule has 41 heavy (non-hydrogen) atoms. The van der Waals surface area contributed by atoms with E-state index in [1.807, 2.05) is 33.8 Å². The molecule has 0 bridgehead atoms. The lowest BCUT2D eigenvalue weighted by atomic mass is 9.97. The fraction of sp³-hybridized carbons (Fsp3) is 0.300. The maximum absolute atomic E-state index is 13.5. The van der Waals surface area contributed by atoms with Crippen molar-refractivity contribution >= 4 is 23.4 Å². The number of amides is 2. The van der Waals surface area contributed by atoms with Crippen molar-refractivity contribution in [1.82, 2.24) is 25.2 Å². The van der Waals surface area contributed by atoms with Crippen molar-refractivity contribution in [2.24, 2.45) is 0 Å². The summed E-state index contributed by atoms with van der Waals surface area (Å²) in [5, 5.41) is 9.82. The molecular formula is C30H29F2N5O4. The van der Waals surface area contributed by atoms with E-state index in [2.05, 4.69) is 20.7 Å². The van der Waals surface area contributed by atoms with Gasteiger partial charge in [-0.1, -0.05) is 12.1 Å². The van der Waals surface area contributed by atoms with Crippen LogP contribution < -0.4 is 10.6 Å². The Bertz CT molecular complexity index is 1690. The molecule has 9 nitrogen and oxygen atoms in total. The number of nitrogens with one attached hydrogen (secondary N) is 2. The lowest BCUT2D eigenvalue weighted by Gasteiger charge is -2.21. The summed E-state index contributed by atoms with van der Waals surface area (Å²) in [4.78, 5) is 43.3. The minimum Gasteiger partial charge on any atom is -0.456 e. The van der Waals surface area contributed by atoms with E-state index >= 15 is 0 Å². The largest absolute Gasteiger partial charge is 0.456 e. The molecule has 2 heterocycles. The fourth-order valence-electron chi connectivity index (χ4n) is 4.93. The number of halogens is 2. The van der Waals surface area contributed by atoms with Crippen LogP contribution in [0.3, 0.4) is 0 Å². The third-order valence-corrected chi connectivity index (χ3v) is 6.88. The normalized spacial score (nSPS) is 14.5. The van der Waals surface area contributed by atoms with Gasteiger partial charge in [0.1, 0.15) is 17.0 Å². The van der Waals surface area contributed by atoms with E-state index in [1.54, 1.807) is 12.1 Å². The summed E-state index contributed by atoms with van der Waals surface area (Å²) in [6, 6.07) is 9.50. The SMILES string of the molecule is Cc1c(C(=O)OC(C)(C)C)ccc2c1CC[C@@H]2NC(=O)c1cc(C(=O)NCc2ccc(F)c(F)c2)nc2ccnn12. The Hall–Kier alpha value is -4.67. The topological polar surface area (TPSA) is 115 Å². The molecule has 212 valence electrons. The second-order valence-corrected chi connectivity index (χ2v) is 10.9. The standard InChI is InChI=1S/C30H29F2N5O4/c1-16-18-8-10-23(20(18)7-6-19(16)29(40)41-30(2,3)4)36-28(39)25-14-24(35-26-11-12-34-37(25)26)27(38)33-15-17-5-9-21(31)22(32)13-17/h5-7,9,11-14,23H,8,10,15H2,1-4H3,(H,33,38)(H,36,39)/t23-/m0/s1. The van der Waals surface area contributed by atoms with E-state index < -0.39 is 35.0 Å². The number of ether oxygens (including phenoxy) is 1. The number of esters is 1. The van der Waals surface area contributed by atoms with Crippen LogP contribution in [0.4, 0.5) is 8.78 Å². The average molecular weight is 562 g/mol. The molecule has 1 atom stereocenters. The Morgan fingerprint density at radius 2 is 1.83 bits per heavy atom. The molecular weight excluding hydrogens is 532 g/mol. The van der Waals surface area contributed by atoms with Gasteiger partial charge in [0.15, 0.2) is 17.3 Å². The van der Waals surface area contributed by atoms with Gasteiger partial charge in [0.05, 0.1) is 17.8 Å². The van der Waals surface area contributed by atoms with Crippen molar-refractivity contribution in [1.29, 1.82) is 0 Å². The zero-order valence-corrected chi connectivity index (χ0v) is 23.0. The molecule has 2 aromatic heterocycles. The number of hydrogen-bond donors (Lipinski definition) is 2. The van der Waals surface area contributed by atoms with Gasteiger partial charge in [-0.05, 0) is 81.0 Å². The predicted octanol–water partition coefficient (Wildman–Crippen LogP) is 4.62. The molecule has 0 radical (unpaired) electrons. The molecule has 0 aliphatic heterocycles. The zero-order valence-electron chi connectivity index (χ0n) is 23.0. The van der Waals surface area contributed by atoms with Crippen LogP contribution in [-0.4, -0.2) is 38.0 Å². The number of nitrogens with zero attached hydrogens (tertiary/aromatic N) is 3. The molecule has 11 heteroatoms. The minimum absolute atomic E-state index is 0.0320. The molecule has 0 spiro atoms. The van der Waals surface area contributed by atoms with Gasteiger partial charge in [-0.25, -0.2) is 23.1 Å². The van der Waals surface area contributed by atoms with Crippen molar-refractivity contribution in [3.05, 3.63) is 99.5 Å². The summed E-state index contributed by atoms with van der Waals surface area (Å²) >= 11 is 0. The second-order valence-electron chi connectivity index (χ2n) is 10.9. The highest BCUT2D eigenvalue weighted by atomic mass is 19.2. The van der Waals surface area contributed by atoms with Gasteiger partial charge >= 0.3 is 5.97 Å². The number of carbonyl (C=O) groups excluding carboxylic acids is 3. The van der Waals surface area contributed by atoms with E-state index in [1.165, 1.54) is 22.8 Å². The first kappa shape index (κ1) is 27.9. The highest BCUT2D eigenvalue weighted by molar-refractivity contribution is 5.98. The Balaban J connectivity index is 1.35. The molecule has 2 N–H and O–H groups in total. The predicted molar refractivity (Wildman–Crippen MR) is 145 cm³/mol. The smallest absolute Gasteiger partial charge is 0.338 e. The highest BCUT2D eigenvalue weighted by Crippen LogP contribution is 2.35. The average Bonchev–Trinajstić information content (AvgIpc) is 3.55. The molecule has 1 aliphatic carbocycles. The quantitative estimate of drug-likeness (QED) is 0.332. The Morgan fingerprint density at radius 1 is 1.05 bits per heavy atom. The van der Waals surface area contributed by atoms with Crippen molar-refractivity contribution in [3.63, 3.8) is 0 Å². The third-order valence-electron chi connectivity index (χ3n) is 6.88. The molecule has 2 amide bonds. The third kappa shape index (κ3) is 5.79. The molecule has 0 saturated carbocycles. The first-order valence-electron chi connectivity index (χ1n) is 13.1.